The van der Waals surface area contributed by atoms with Crippen LogP contribution < -0.4 is 5.73 Å². The average Bonchev–Trinajstić information content (AvgIpc) is 3.10. The lowest BCUT2D eigenvalue weighted by Gasteiger charge is -2.01. The summed E-state index contributed by atoms with van der Waals surface area (Å²) in [6.45, 7) is 0.474. The van der Waals surface area contributed by atoms with Gasteiger partial charge in [-0.3, -0.25) is 0 Å². The van der Waals surface area contributed by atoms with E-state index in [4.69, 9.17) is 5.73 Å². The van der Waals surface area contributed by atoms with E-state index >= 15 is 0 Å². The van der Waals surface area contributed by atoms with Crippen molar-refractivity contribution >= 4 is 16.3 Å². The average molecular weight is 270 g/mol. The summed E-state index contributed by atoms with van der Waals surface area (Å²) in [4.78, 5) is 5.55. The van der Waals surface area contributed by atoms with Crippen molar-refractivity contribution in [2.75, 3.05) is 0 Å². The molecule has 0 atom stereocenters. The Morgan fingerprint density at radius 2 is 2.16 bits per heavy atom. The summed E-state index contributed by atoms with van der Waals surface area (Å²) in [6, 6.07) is 6.68. The lowest BCUT2D eigenvalue weighted by atomic mass is 10.1. The molecule has 5 heteroatoms. The first-order valence-corrected chi connectivity index (χ1v) is 7.32. The topological polar surface area (TPSA) is 56.2 Å². The molecule has 3 aromatic rings. The van der Waals surface area contributed by atoms with Gasteiger partial charge in [-0.25, -0.2) is 9.50 Å². The van der Waals surface area contributed by atoms with Crippen molar-refractivity contribution in [3.8, 4) is 11.3 Å². The number of benzene rings is 1. The Morgan fingerprint density at radius 3 is 3.00 bits per heavy atom. The first-order chi connectivity index (χ1) is 9.33. The molecule has 19 heavy (non-hydrogen) atoms. The highest BCUT2D eigenvalue weighted by Gasteiger charge is 2.14. The van der Waals surface area contributed by atoms with Gasteiger partial charge in [0.1, 0.15) is 5.01 Å². The SMILES string of the molecule is NCc1nn2cc(-c3ccc4c(c3)CCC4)nc2s1. The van der Waals surface area contributed by atoms with Crippen molar-refractivity contribution in [3.63, 3.8) is 0 Å². The third kappa shape index (κ3) is 1.77. The van der Waals surface area contributed by atoms with E-state index < -0.39 is 0 Å². The molecule has 0 aliphatic heterocycles. The van der Waals surface area contributed by atoms with Crippen LogP contribution >= 0.6 is 11.3 Å². The van der Waals surface area contributed by atoms with E-state index in [0.717, 1.165) is 15.7 Å². The lowest BCUT2D eigenvalue weighted by Crippen LogP contribution is -1.95. The van der Waals surface area contributed by atoms with Gasteiger partial charge in [-0.2, -0.15) is 5.10 Å². The maximum atomic E-state index is 5.59. The van der Waals surface area contributed by atoms with Crippen LogP contribution in [0.4, 0.5) is 0 Å². The number of aromatic nitrogens is 3. The minimum Gasteiger partial charge on any atom is -0.324 e. The van der Waals surface area contributed by atoms with E-state index in [0.29, 0.717) is 6.54 Å². The number of aryl methyl sites for hydroxylation is 2. The molecule has 4 rings (SSSR count). The van der Waals surface area contributed by atoms with Crippen molar-refractivity contribution in [1.82, 2.24) is 14.6 Å². The smallest absolute Gasteiger partial charge is 0.212 e. The number of hydrogen-bond acceptors (Lipinski definition) is 4. The third-order valence-electron chi connectivity index (χ3n) is 3.65. The molecule has 96 valence electrons. The van der Waals surface area contributed by atoms with Gasteiger partial charge in [0, 0.05) is 12.1 Å². The summed E-state index contributed by atoms with van der Waals surface area (Å²) in [5.74, 6) is 0. The number of hydrogen-bond donors (Lipinski definition) is 1. The Hall–Kier alpha value is -1.72. The molecule has 2 heterocycles. The van der Waals surface area contributed by atoms with Gasteiger partial charge in [-0.05, 0) is 36.5 Å². The predicted molar refractivity (Wildman–Crippen MR) is 76.2 cm³/mol. The Morgan fingerprint density at radius 1 is 1.26 bits per heavy atom. The first-order valence-electron chi connectivity index (χ1n) is 6.51. The highest BCUT2D eigenvalue weighted by atomic mass is 32.1. The quantitative estimate of drug-likeness (QED) is 0.778. The van der Waals surface area contributed by atoms with Gasteiger partial charge in [0.2, 0.25) is 4.96 Å². The maximum absolute atomic E-state index is 5.59. The van der Waals surface area contributed by atoms with E-state index in [9.17, 15) is 0 Å². The van der Waals surface area contributed by atoms with E-state index in [1.807, 2.05) is 10.7 Å². The second-order valence-corrected chi connectivity index (χ2v) is 5.93. The van der Waals surface area contributed by atoms with Gasteiger partial charge in [0.05, 0.1) is 11.9 Å². The van der Waals surface area contributed by atoms with Gasteiger partial charge >= 0.3 is 0 Å². The number of rotatable bonds is 2. The van der Waals surface area contributed by atoms with Crippen molar-refractivity contribution in [2.24, 2.45) is 5.73 Å². The van der Waals surface area contributed by atoms with Crippen LogP contribution in [-0.4, -0.2) is 14.6 Å². The summed E-state index contributed by atoms with van der Waals surface area (Å²) in [5.41, 5.74) is 10.7. The second-order valence-electron chi connectivity index (χ2n) is 4.89. The summed E-state index contributed by atoms with van der Waals surface area (Å²) >= 11 is 1.55. The van der Waals surface area contributed by atoms with Crippen molar-refractivity contribution in [1.29, 1.82) is 0 Å². The predicted octanol–water partition coefficient (Wildman–Crippen LogP) is 2.41. The van der Waals surface area contributed by atoms with Gasteiger partial charge in [-0.1, -0.05) is 23.5 Å². The molecule has 0 saturated carbocycles. The van der Waals surface area contributed by atoms with Gasteiger partial charge in [-0.15, -0.1) is 0 Å². The van der Waals surface area contributed by atoms with Crippen LogP contribution in [0.5, 0.6) is 0 Å². The van der Waals surface area contributed by atoms with Crippen LogP contribution in [0.1, 0.15) is 22.6 Å². The summed E-state index contributed by atoms with van der Waals surface area (Å²) in [7, 11) is 0. The highest BCUT2D eigenvalue weighted by Crippen LogP contribution is 2.28. The summed E-state index contributed by atoms with van der Waals surface area (Å²) in [6.07, 6.45) is 5.68. The van der Waals surface area contributed by atoms with Crippen LogP contribution in [0, 0.1) is 0 Å². The standard InChI is InChI=1S/C14H14N4S/c15-7-13-17-18-8-12(16-14(18)19-13)11-5-4-9-2-1-3-10(9)6-11/h4-6,8H,1-3,7,15H2. The van der Waals surface area contributed by atoms with E-state index in [1.54, 1.807) is 11.3 Å². The monoisotopic (exact) mass is 270 g/mol. The fraction of sp³-hybridized carbons (Fsp3) is 0.286. The summed E-state index contributed by atoms with van der Waals surface area (Å²) < 4.78 is 1.83. The number of fused-ring (bicyclic) bond motifs is 2. The summed E-state index contributed by atoms with van der Waals surface area (Å²) in [5, 5.41) is 5.32. The Labute approximate surface area is 114 Å². The lowest BCUT2D eigenvalue weighted by molar-refractivity contribution is 0.897. The molecule has 0 spiro atoms. The van der Waals surface area contributed by atoms with Crippen LogP contribution in [-0.2, 0) is 19.4 Å². The van der Waals surface area contributed by atoms with E-state index in [2.05, 4.69) is 28.3 Å². The van der Waals surface area contributed by atoms with Crippen LogP contribution in [0.15, 0.2) is 24.4 Å². The molecule has 2 aromatic heterocycles. The van der Waals surface area contributed by atoms with Crippen molar-refractivity contribution in [2.45, 2.75) is 25.8 Å². The van der Waals surface area contributed by atoms with Crippen LogP contribution in [0.2, 0.25) is 0 Å². The minimum atomic E-state index is 0.474. The Balaban J connectivity index is 1.79. The third-order valence-corrected chi connectivity index (χ3v) is 4.60. The zero-order chi connectivity index (χ0) is 12.8. The molecule has 0 fully saturated rings. The molecule has 1 aromatic carbocycles. The fourth-order valence-corrected chi connectivity index (χ4v) is 3.45. The van der Waals surface area contributed by atoms with Crippen LogP contribution in [0.25, 0.3) is 16.2 Å². The number of nitrogens with zero attached hydrogens (tertiary/aromatic N) is 3. The zero-order valence-corrected chi connectivity index (χ0v) is 11.3. The normalized spacial score (nSPS) is 14.2. The molecule has 0 bridgehead atoms. The fourth-order valence-electron chi connectivity index (χ4n) is 2.69. The Kier molecular flexibility index (Phi) is 2.43. The molecule has 1 aliphatic carbocycles. The van der Waals surface area contributed by atoms with Gasteiger partial charge in [0.25, 0.3) is 0 Å². The molecule has 0 radical (unpaired) electrons. The molecular formula is C14H14N4S. The molecule has 0 unspecified atom stereocenters. The molecular weight excluding hydrogens is 256 g/mol. The van der Waals surface area contributed by atoms with Crippen molar-refractivity contribution in [3.05, 3.63) is 40.5 Å². The van der Waals surface area contributed by atoms with E-state index in [1.165, 1.54) is 36.0 Å². The number of nitrogens with two attached hydrogens (primary N) is 1. The largest absolute Gasteiger partial charge is 0.324 e. The molecule has 4 nitrogen and oxygen atoms in total. The Bertz CT molecular complexity index is 724. The zero-order valence-electron chi connectivity index (χ0n) is 10.5. The molecule has 0 saturated heterocycles. The molecule has 2 N–H and O–H groups in total. The molecule has 1 aliphatic rings. The van der Waals surface area contributed by atoms with Crippen LogP contribution in [0.3, 0.4) is 0 Å². The second kappa shape index (κ2) is 4.15. The van der Waals surface area contributed by atoms with Gasteiger partial charge in [0.15, 0.2) is 0 Å². The van der Waals surface area contributed by atoms with E-state index in [-0.39, 0.29) is 0 Å². The van der Waals surface area contributed by atoms with Gasteiger partial charge < -0.3 is 5.73 Å². The van der Waals surface area contributed by atoms with Crippen molar-refractivity contribution < 1.29 is 0 Å². The first kappa shape index (κ1) is 11.1. The maximum Gasteiger partial charge on any atom is 0.212 e. The minimum absolute atomic E-state index is 0.474. The molecule has 0 amide bonds. The highest BCUT2D eigenvalue weighted by molar-refractivity contribution is 7.16. The number of imidazole rings is 1.